The molecule has 3 nitrogen and oxygen atoms in total. The molecule has 2 rings (SSSR count). The number of hydrogen-bond acceptors (Lipinski definition) is 2. The van der Waals surface area contributed by atoms with E-state index < -0.39 is 0 Å². The molecule has 0 atom stereocenters. The van der Waals surface area contributed by atoms with E-state index in [0.717, 1.165) is 24.1 Å². The summed E-state index contributed by atoms with van der Waals surface area (Å²) in [6.07, 6.45) is 3.28. The first-order valence-corrected chi connectivity index (χ1v) is 5.79. The number of anilines is 1. The minimum Gasteiger partial charge on any atom is -0.326 e. The van der Waals surface area contributed by atoms with E-state index in [1.165, 1.54) is 6.42 Å². The number of nitrogens with two attached hydrogens (primary N) is 1. The Kier molecular flexibility index (Phi) is 3.25. The first-order chi connectivity index (χ1) is 7.72. The van der Waals surface area contributed by atoms with E-state index in [9.17, 15) is 4.79 Å². The normalized spacial score (nSPS) is 15.6. The number of nitrogens with zero attached hydrogens (tertiary/aromatic N) is 1. The summed E-state index contributed by atoms with van der Waals surface area (Å²) in [6, 6.07) is 7.86. The van der Waals surface area contributed by atoms with Crippen molar-refractivity contribution in [2.24, 2.45) is 11.7 Å². The summed E-state index contributed by atoms with van der Waals surface area (Å²) < 4.78 is 0. The van der Waals surface area contributed by atoms with Crippen molar-refractivity contribution in [2.75, 3.05) is 11.9 Å². The van der Waals surface area contributed by atoms with Gasteiger partial charge in [-0.25, -0.2) is 0 Å². The molecule has 1 aliphatic rings. The molecule has 16 heavy (non-hydrogen) atoms. The standard InChI is InChI=1S/C13H18N2O/c1-15(13(16)11-3-2-4-11)12-7-5-10(9-14)6-8-12/h5-8,11H,2-4,9,14H2,1H3. The summed E-state index contributed by atoms with van der Waals surface area (Å²) in [4.78, 5) is 13.7. The largest absolute Gasteiger partial charge is 0.326 e. The van der Waals surface area contributed by atoms with Crippen LogP contribution in [0.5, 0.6) is 0 Å². The molecule has 0 unspecified atom stereocenters. The molecule has 0 radical (unpaired) electrons. The van der Waals surface area contributed by atoms with Gasteiger partial charge in [0.25, 0.3) is 0 Å². The quantitative estimate of drug-likeness (QED) is 0.842. The molecule has 1 amide bonds. The highest BCUT2D eigenvalue weighted by molar-refractivity contribution is 5.94. The molecule has 1 fully saturated rings. The highest BCUT2D eigenvalue weighted by Gasteiger charge is 2.28. The zero-order valence-corrected chi connectivity index (χ0v) is 9.65. The van der Waals surface area contributed by atoms with Crippen molar-refractivity contribution in [3.8, 4) is 0 Å². The molecule has 1 aromatic rings. The lowest BCUT2D eigenvalue weighted by atomic mass is 9.84. The molecular formula is C13H18N2O. The molecule has 0 heterocycles. The molecule has 86 valence electrons. The van der Waals surface area contributed by atoms with Crippen LogP contribution in [0.2, 0.25) is 0 Å². The van der Waals surface area contributed by atoms with E-state index in [0.29, 0.717) is 6.54 Å². The van der Waals surface area contributed by atoms with Crippen molar-refractivity contribution >= 4 is 11.6 Å². The summed E-state index contributed by atoms with van der Waals surface area (Å²) in [5.41, 5.74) is 7.58. The predicted molar refractivity (Wildman–Crippen MR) is 65.1 cm³/mol. The lowest BCUT2D eigenvalue weighted by Gasteiger charge is -2.29. The average molecular weight is 218 g/mol. The highest BCUT2D eigenvalue weighted by atomic mass is 16.2. The zero-order valence-electron chi connectivity index (χ0n) is 9.65. The van der Waals surface area contributed by atoms with E-state index in [1.807, 2.05) is 31.3 Å². The van der Waals surface area contributed by atoms with E-state index >= 15 is 0 Å². The van der Waals surface area contributed by atoms with Gasteiger partial charge in [0.1, 0.15) is 0 Å². The molecule has 0 saturated heterocycles. The zero-order chi connectivity index (χ0) is 11.5. The average Bonchev–Trinajstić information content (AvgIpc) is 2.26. The topological polar surface area (TPSA) is 46.3 Å². The van der Waals surface area contributed by atoms with Crippen LogP contribution in [0, 0.1) is 5.92 Å². The smallest absolute Gasteiger partial charge is 0.229 e. The third kappa shape index (κ3) is 2.09. The van der Waals surface area contributed by atoms with Crippen LogP contribution in [0.25, 0.3) is 0 Å². The van der Waals surface area contributed by atoms with Crippen molar-refractivity contribution in [3.05, 3.63) is 29.8 Å². The fourth-order valence-corrected chi connectivity index (χ4v) is 1.91. The lowest BCUT2D eigenvalue weighted by molar-refractivity contribution is -0.124. The molecule has 0 aromatic heterocycles. The van der Waals surface area contributed by atoms with Gasteiger partial charge < -0.3 is 10.6 Å². The minimum atomic E-state index is 0.242. The van der Waals surface area contributed by atoms with Crippen LogP contribution in [-0.4, -0.2) is 13.0 Å². The molecule has 0 aliphatic heterocycles. The summed E-state index contributed by atoms with van der Waals surface area (Å²) in [5.74, 6) is 0.492. The van der Waals surface area contributed by atoms with Gasteiger partial charge in [0.2, 0.25) is 5.91 Å². The fraction of sp³-hybridized carbons (Fsp3) is 0.462. The van der Waals surface area contributed by atoms with E-state index in [4.69, 9.17) is 5.73 Å². The van der Waals surface area contributed by atoms with Gasteiger partial charge >= 0.3 is 0 Å². The summed E-state index contributed by atoms with van der Waals surface area (Å²) >= 11 is 0. The van der Waals surface area contributed by atoms with Crippen LogP contribution in [0.4, 0.5) is 5.69 Å². The van der Waals surface area contributed by atoms with Gasteiger partial charge in [-0.05, 0) is 30.5 Å². The number of rotatable bonds is 3. The Morgan fingerprint density at radius 3 is 2.44 bits per heavy atom. The number of benzene rings is 1. The van der Waals surface area contributed by atoms with Gasteiger partial charge in [0, 0.05) is 25.2 Å². The molecule has 2 N–H and O–H groups in total. The Balaban J connectivity index is 2.07. The van der Waals surface area contributed by atoms with E-state index in [1.54, 1.807) is 4.90 Å². The first-order valence-electron chi connectivity index (χ1n) is 5.79. The first kappa shape index (κ1) is 11.1. The van der Waals surface area contributed by atoms with E-state index in [2.05, 4.69) is 0 Å². The van der Waals surface area contributed by atoms with Crippen LogP contribution in [-0.2, 0) is 11.3 Å². The number of amides is 1. The molecule has 1 aromatic carbocycles. The van der Waals surface area contributed by atoms with Crippen LogP contribution in [0.15, 0.2) is 24.3 Å². The van der Waals surface area contributed by atoms with Crippen LogP contribution in [0.1, 0.15) is 24.8 Å². The summed E-state index contributed by atoms with van der Waals surface area (Å²) in [6.45, 7) is 0.542. The van der Waals surface area contributed by atoms with Gasteiger partial charge in [0.15, 0.2) is 0 Å². The Bertz CT molecular complexity index is 368. The Morgan fingerprint density at radius 1 is 1.38 bits per heavy atom. The predicted octanol–water partition coefficient (Wildman–Crippen LogP) is 1.91. The maximum atomic E-state index is 12.0. The second kappa shape index (κ2) is 4.66. The van der Waals surface area contributed by atoms with Gasteiger partial charge in [0.05, 0.1) is 0 Å². The lowest BCUT2D eigenvalue weighted by Crippen LogP contribution is -2.36. The maximum Gasteiger partial charge on any atom is 0.229 e. The van der Waals surface area contributed by atoms with Crippen molar-refractivity contribution in [2.45, 2.75) is 25.8 Å². The number of hydrogen-bond donors (Lipinski definition) is 1. The van der Waals surface area contributed by atoms with Crippen LogP contribution < -0.4 is 10.6 Å². The maximum absolute atomic E-state index is 12.0. The summed E-state index contributed by atoms with van der Waals surface area (Å²) in [5, 5.41) is 0. The third-order valence-corrected chi connectivity index (χ3v) is 3.34. The highest BCUT2D eigenvalue weighted by Crippen LogP contribution is 2.29. The molecule has 0 spiro atoms. The second-order valence-corrected chi connectivity index (χ2v) is 4.40. The molecule has 1 aliphatic carbocycles. The van der Waals surface area contributed by atoms with Gasteiger partial charge in [-0.15, -0.1) is 0 Å². The van der Waals surface area contributed by atoms with Gasteiger partial charge in [-0.3, -0.25) is 4.79 Å². The molecule has 1 saturated carbocycles. The van der Waals surface area contributed by atoms with Crippen LogP contribution in [0.3, 0.4) is 0 Å². The minimum absolute atomic E-state index is 0.242. The molecule has 0 bridgehead atoms. The van der Waals surface area contributed by atoms with Crippen LogP contribution >= 0.6 is 0 Å². The Hall–Kier alpha value is -1.35. The Labute approximate surface area is 96.2 Å². The van der Waals surface area contributed by atoms with Crippen molar-refractivity contribution < 1.29 is 4.79 Å². The van der Waals surface area contributed by atoms with E-state index in [-0.39, 0.29) is 11.8 Å². The number of carbonyl (C=O) groups excluding carboxylic acids is 1. The van der Waals surface area contributed by atoms with Crippen molar-refractivity contribution in [1.82, 2.24) is 0 Å². The monoisotopic (exact) mass is 218 g/mol. The molecular weight excluding hydrogens is 200 g/mol. The number of carbonyl (C=O) groups is 1. The van der Waals surface area contributed by atoms with Crippen molar-refractivity contribution in [3.63, 3.8) is 0 Å². The third-order valence-electron chi connectivity index (χ3n) is 3.34. The Morgan fingerprint density at radius 2 is 2.00 bits per heavy atom. The summed E-state index contributed by atoms with van der Waals surface area (Å²) in [7, 11) is 1.85. The van der Waals surface area contributed by atoms with Gasteiger partial charge in [-0.1, -0.05) is 18.6 Å². The van der Waals surface area contributed by atoms with Gasteiger partial charge in [-0.2, -0.15) is 0 Å². The fourth-order valence-electron chi connectivity index (χ4n) is 1.91. The SMILES string of the molecule is CN(C(=O)C1CCC1)c1ccc(CN)cc1. The second-order valence-electron chi connectivity index (χ2n) is 4.40. The molecule has 3 heteroatoms. The van der Waals surface area contributed by atoms with Crippen molar-refractivity contribution in [1.29, 1.82) is 0 Å².